The van der Waals surface area contributed by atoms with Crippen molar-refractivity contribution in [3.63, 3.8) is 0 Å². The van der Waals surface area contributed by atoms with Gasteiger partial charge in [-0.2, -0.15) is 0 Å². The Balaban J connectivity index is 2.34. The van der Waals surface area contributed by atoms with Gasteiger partial charge in [0.2, 0.25) is 0 Å². The molecular formula is C12H17NO2. The Labute approximate surface area is 89.7 Å². The third kappa shape index (κ3) is 1.78. The SMILES string of the molecule is CCc1c(C(=O)O)ccn1C1CCCC1. The molecule has 1 aromatic heterocycles. The third-order valence-electron chi connectivity index (χ3n) is 3.31. The van der Waals surface area contributed by atoms with Crippen LogP contribution in [-0.2, 0) is 6.42 Å². The van der Waals surface area contributed by atoms with Crippen LogP contribution in [0.15, 0.2) is 12.3 Å². The lowest BCUT2D eigenvalue weighted by Gasteiger charge is -2.15. The Morgan fingerprint density at radius 1 is 1.53 bits per heavy atom. The predicted molar refractivity (Wildman–Crippen MR) is 58.3 cm³/mol. The molecule has 0 aromatic carbocycles. The van der Waals surface area contributed by atoms with E-state index in [4.69, 9.17) is 5.11 Å². The molecule has 0 aliphatic heterocycles. The topological polar surface area (TPSA) is 42.2 Å². The first-order chi connectivity index (χ1) is 7.24. The summed E-state index contributed by atoms with van der Waals surface area (Å²) in [6, 6.07) is 2.27. The van der Waals surface area contributed by atoms with E-state index in [1.807, 2.05) is 13.1 Å². The summed E-state index contributed by atoms with van der Waals surface area (Å²) in [5, 5.41) is 9.04. The molecule has 3 heteroatoms. The molecule has 1 heterocycles. The Morgan fingerprint density at radius 3 is 2.73 bits per heavy atom. The molecule has 1 N–H and O–H groups in total. The zero-order valence-electron chi connectivity index (χ0n) is 9.07. The molecule has 1 aromatic rings. The number of nitrogens with zero attached hydrogens (tertiary/aromatic N) is 1. The monoisotopic (exact) mass is 207 g/mol. The summed E-state index contributed by atoms with van der Waals surface area (Å²) in [6.07, 6.45) is 7.67. The Morgan fingerprint density at radius 2 is 2.20 bits per heavy atom. The number of hydrogen-bond donors (Lipinski definition) is 1. The zero-order valence-corrected chi connectivity index (χ0v) is 9.07. The minimum atomic E-state index is -0.802. The van der Waals surface area contributed by atoms with E-state index in [1.165, 1.54) is 25.7 Å². The minimum Gasteiger partial charge on any atom is -0.478 e. The molecule has 0 radical (unpaired) electrons. The van der Waals surface area contributed by atoms with Gasteiger partial charge >= 0.3 is 5.97 Å². The van der Waals surface area contributed by atoms with Crippen molar-refractivity contribution >= 4 is 5.97 Å². The van der Waals surface area contributed by atoms with Crippen molar-refractivity contribution < 1.29 is 9.90 Å². The Hall–Kier alpha value is -1.25. The second-order valence-corrected chi connectivity index (χ2v) is 4.18. The average Bonchev–Trinajstić information content (AvgIpc) is 2.85. The van der Waals surface area contributed by atoms with Gasteiger partial charge in [-0.1, -0.05) is 19.8 Å². The van der Waals surface area contributed by atoms with E-state index >= 15 is 0 Å². The van der Waals surface area contributed by atoms with Crippen molar-refractivity contribution in [2.75, 3.05) is 0 Å². The third-order valence-corrected chi connectivity index (χ3v) is 3.31. The van der Waals surface area contributed by atoms with E-state index in [9.17, 15) is 4.79 Å². The van der Waals surface area contributed by atoms with Crippen LogP contribution in [0, 0.1) is 0 Å². The van der Waals surface area contributed by atoms with Crippen LogP contribution >= 0.6 is 0 Å². The second kappa shape index (κ2) is 4.09. The van der Waals surface area contributed by atoms with Crippen molar-refractivity contribution in [1.82, 2.24) is 4.57 Å². The van der Waals surface area contributed by atoms with Gasteiger partial charge in [0.25, 0.3) is 0 Å². The summed E-state index contributed by atoms with van der Waals surface area (Å²) in [5.41, 5.74) is 1.46. The van der Waals surface area contributed by atoms with Crippen LogP contribution in [0.5, 0.6) is 0 Å². The van der Waals surface area contributed by atoms with E-state index in [1.54, 1.807) is 6.07 Å². The maximum absolute atomic E-state index is 11.0. The van der Waals surface area contributed by atoms with Gasteiger partial charge in [0.05, 0.1) is 5.56 Å². The van der Waals surface area contributed by atoms with Crippen molar-refractivity contribution in [3.05, 3.63) is 23.5 Å². The molecule has 2 rings (SSSR count). The van der Waals surface area contributed by atoms with E-state index in [0.29, 0.717) is 11.6 Å². The number of carbonyl (C=O) groups is 1. The van der Waals surface area contributed by atoms with Gasteiger partial charge in [0.1, 0.15) is 0 Å². The molecule has 0 unspecified atom stereocenters. The van der Waals surface area contributed by atoms with Gasteiger partial charge in [-0.15, -0.1) is 0 Å². The molecule has 82 valence electrons. The van der Waals surface area contributed by atoms with Gasteiger partial charge in [-0.3, -0.25) is 0 Å². The molecule has 0 spiro atoms. The molecule has 0 atom stereocenters. The van der Waals surface area contributed by atoms with Crippen molar-refractivity contribution in [3.8, 4) is 0 Å². The smallest absolute Gasteiger partial charge is 0.337 e. The van der Waals surface area contributed by atoms with E-state index < -0.39 is 5.97 Å². The molecule has 1 aliphatic carbocycles. The highest BCUT2D eigenvalue weighted by atomic mass is 16.4. The molecule has 1 saturated carbocycles. The molecule has 1 aliphatic rings. The van der Waals surface area contributed by atoms with Crippen LogP contribution in [0.2, 0.25) is 0 Å². The van der Waals surface area contributed by atoms with Crippen molar-refractivity contribution in [2.45, 2.75) is 45.1 Å². The predicted octanol–water partition coefficient (Wildman–Crippen LogP) is 2.86. The maximum Gasteiger partial charge on any atom is 0.337 e. The summed E-state index contributed by atoms with van der Waals surface area (Å²) in [6.45, 7) is 2.02. The van der Waals surface area contributed by atoms with Gasteiger partial charge in [-0.25, -0.2) is 4.79 Å². The Bertz CT molecular complexity index is 362. The normalized spacial score (nSPS) is 17.1. The number of aromatic carboxylic acids is 1. The number of hydrogen-bond acceptors (Lipinski definition) is 1. The number of carboxylic acids is 1. The number of rotatable bonds is 3. The first-order valence-electron chi connectivity index (χ1n) is 5.67. The van der Waals surface area contributed by atoms with Crippen LogP contribution in [-0.4, -0.2) is 15.6 Å². The highest BCUT2D eigenvalue weighted by Crippen LogP contribution is 2.31. The summed E-state index contributed by atoms with van der Waals surface area (Å²) < 4.78 is 2.18. The van der Waals surface area contributed by atoms with Crippen molar-refractivity contribution in [1.29, 1.82) is 0 Å². The van der Waals surface area contributed by atoms with E-state index in [2.05, 4.69) is 4.57 Å². The fourth-order valence-corrected chi connectivity index (χ4v) is 2.57. The fraction of sp³-hybridized carbons (Fsp3) is 0.583. The molecule has 0 saturated heterocycles. The van der Waals surface area contributed by atoms with Crippen LogP contribution in [0.1, 0.15) is 54.7 Å². The first-order valence-corrected chi connectivity index (χ1v) is 5.67. The fourth-order valence-electron chi connectivity index (χ4n) is 2.57. The second-order valence-electron chi connectivity index (χ2n) is 4.18. The molecule has 0 bridgehead atoms. The quantitative estimate of drug-likeness (QED) is 0.828. The van der Waals surface area contributed by atoms with Crippen LogP contribution in [0.25, 0.3) is 0 Å². The summed E-state index contributed by atoms with van der Waals surface area (Å²) in [4.78, 5) is 11.0. The van der Waals surface area contributed by atoms with Crippen LogP contribution in [0.4, 0.5) is 0 Å². The van der Waals surface area contributed by atoms with Crippen molar-refractivity contribution in [2.24, 2.45) is 0 Å². The molecule has 1 fully saturated rings. The molecular weight excluding hydrogens is 190 g/mol. The van der Waals surface area contributed by atoms with E-state index in [-0.39, 0.29) is 0 Å². The van der Waals surface area contributed by atoms with Gasteiger partial charge in [-0.05, 0) is 25.3 Å². The standard InChI is InChI=1S/C12H17NO2/c1-2-11-10(12(14)15)7-8-13(11)9-5-3-4-6-9/h7-9H,2-6H2,1H3,(H,14,15). The molecule has 3 nitrogen and oxygen atoms in total. The van der Waals surface area contributed by atoms with Crippen LogP contribution in [0.3, 0.4) is 0 Å². The van der Waals surface area contributed by atoms with Crippen LogP contribution < -0.4 is 0 Å². The average molecular weight is 207 g/mol. The minimum absolute atomic E-state index is 0.476. The zero-order chi connectivity index (χ0) is 10.8. The summed E-state index contributed by atoms with van der Waals surface area (Å²) in [7, 11) is 0. The van der Waals surface area contributed by atoms with Gasteiger partial charge in [0, 0.05) is 17.9 Å². The molecule has 15 heavy (non-hydrogen) atoms. The lowest BCUT2D eigenvalue weighted by atomic mass is 10.2. The summed E-state index contributed by atoms with van der Waals surface area (Å²) >= 11 is 0. The van der Waals surface area contributed by atoms with Gasteiger partial charge in [0.15, 0.2) is 0 Å². The lowest BCUT2D eigenvalue weighted by molar-refractivity contribution is 0.0695. The highest BCUT2D eigenvalue weighted by molar-refractivity contribution is 5.89. The largest absolute Gasteiger partial charge is 0.478 e. The maximum atomic E-state index is 11.0. The summed E-state index contributed by atoms with van der Waals surface area (Å²) in [5.74, 6) is -0.802. The van der Waals surface area contributed by atoms with E-state index in [0.717, 1.165) is 12.1 Å². The first kappa shape index (κ1) is 10.3. The Kier molecular flexibility index (Phi) is 2.80. The number of aromatic nitrogens is 1. The molecule has 0 amide bonds. The highest BCUT2D eigenvalue weighted by Gasteiger charge is 2.21. The lowest BCUT2D eigenvalue weighted by Crippen LogP contribution is -2.09. The van der Waals surface area contributed by atoms with Gasteiger partial charge < -0.3 is 9.67 Å². The number of carboxylic acid groups (broad SMARTS) is 1.